The summed E-state index contributed by atoms with van der Waals surface area (Å²) < 4.78 is 0. The molecule has 1 atom stereocenters. The molecule has 3 heteroatoms. The van der Waals surface area contributed by atoms with Crippen LogP contribution in [0.25, 0.3) is 0 Å². The smallest absolute Gasteiger partial charge is 0.133 e. The zero-order valence-corrected chi connectivity index (χ0v) is 15.0. The maximum Gasteiger partial charge on any atom is 0.133 e. The average Bonchev–Trinajstić information content (AvgIpc) is 2.65. The van der Waals surface area contributed by atoms with Gasteiger partial charge in [0.1, 0.15) is 5.82 Å². The average molecular weight is 323 g/mol. The van der Waals surface area contributed by atoms with Crippen LogP contribution in [0.4, 0.5) is 5.82 Å². The van der Waals surface area contributed by atoms with Crippen LogP contribution >= 0.6 is 0 Å². The van der Waals surface area contributed by atoms with Gasteiger partial charge in [0, 0.05) is 37.4 Å². The molecule has 2 heterocycles. The lowest BCUT2D eigenvalue weighted by molar-refractivity contribution is 0.140. The van der Waals surface area contributed by atoms with Crippen molar-refractivity contribution in [2.24, 2.45) is 0 Å². The Morgan fingerprint density at radius 1 is 1.04 bits per heavy atom. The summed E-state index contributed by atoms with van der Waals surface area (Å²) in [5.41, 5.74) is 2.80. The summed E-state index contributed by atoms with van der Waals surface area (Å²) in [6.07, 6.45) is 5.76. The van der Waals surface area contributed by atoms with Crippen LogP contribution in [-0.4, -0.2) is 29.5 Å². The molecule has 0 N–H and O–H groups in total. The highest BCUT2D eigenvalue weighted by atomic mass is 15.2. The molecule has 1 aliphatic rings. The van der Waals surface area contributed by atoms with Gasteiger partial charge in [-0.2, -0.15) is 0 Å². The third-order valence-electron chi connectivity index (χ3n) is 5.08. The molecule has 1 fully saturated rings. The topological polar surface area (TPSA) is 19.4 Å². The summed E-state index contributed by atoms with van der Waals surface area (Å²) >= 11 is 0. The van der Waals surface area contributed by atoms with Gasteiger partial charge in [-0.15, -0.1) is 0 Å². The Hall–Kier alpha value is -1.87. The van der Waals surface area contributed by atoms with Gasteiger partial charge in [0.15, 0.2) is 0 Å². The fourth-order valence-corrected chi connectivity index (χ4v) is 3.81. The first-order valence-electron chi connectivity index (χ1n) is 9.31. The lowest BCUT2D eigenvalue weighted by atomic mass is 9.94. The van der Waals surface area contributed by atoms with Crippen molar-refractivity contribution < 1.29 is 0 Å². The minimum absolute atomic E-state index is 0.475. The van der Waals surface area contributed by atoms with Gasteiger partial charge in [0.25, 0.3) is 0 Å². The number of anilines is 1. The summed E-state index contributed by atoms with van der Waals surface area (Å²) in [4.78, 5) is 9.76. The minimum Gasteiger partial charge on any atom is -0.357 e. The van der Waals surface area contributed by atoms with Gasteiger partial charge in [-0.25, -0.2) is 4.98 Å². The lowest BCUT2D eigenvalue weighted by Gasteiger charge is -2.38. The molecule has 0 aliphatic carbocycles. The Morgan fingerprint density at radius 2 is 1.83 bits per heavy atom. The van der Waals surface area contributed by atoms with Crippen molar-refractivity contribution in [2.75, 3.05) is 24.5 Å². The maximum atomic E-state index is 4.74. The van der Waals surface area contributed by atoms with E-state index in [0.717, 1.165) is 19.6 Å². The predicted molar refractivity (Wildman–Crippen MR) is 101 cm³/mol. The Kier molecular flexibility index (Phi) is 5.86. The van der Waals surface area contributed by atoms with Crippen molar-refractivity contribution in [1.29, 1.82) is 0 Å². The van der Waals surface area contributed by atoms with Gasteiger partial charge in [-0.1, -0.05) is 42.8 Å². The summed E-state index contributed by atoms with van der Waals surface area (Å²) in [5, 5.41) is 0. The number of benzene rings is 1. The predicted octanol–water partition coefficient (Wildman–Crippen LogP) is 4.66. The molecule has 1 aromatic carbocycles. The van der Waals surface area contributed by atoms with E-state index in [-0.39, 0.29) is 0 Å². The zero-order chi connectivity index (χ0) is 16.8. The van der Waals surface area contributed by atoms with Crippen LogP contribution < -0.4 is 4.90 Å². The number of pyridine rings is 1. The molecule has 3 rings (SSSR count). The van der Waals surface area contributed by atoms with E-state index in [2.05, 4.69) is 66.1 Å². The van der Waals surface area contributed by atoms with Gasteiger partial charge in [0.2, 0.25) is 0 Å². The van der Waals surface area contributed by atoms with Crippen LogP contribution in [0.1, 0.15) is 50.3 Å². The molecule has 2 aromatic rings. The van der Waals surface area contributed by atoms with E-state index in [0.29, 0.717) is 6.04 Å². The van der Waals surface area contributed by atoms with Crippen molar-refractivity contribution in [3.05, 3.63) is 59.8 Å². The molecule has 0 bridgehead atoms. The molecular formula is C21H29N3. The molecule has 0 saturated carbocycles. The molecule has 0 amide bonds. The summed E-state index contributed by atoms with van der Waals surface area (Å²) in [7, 11) is 0. The molecule has 24 heavy (non-hydrogen) atoms. The van der Waals surface area contributed by atoms with Crippen LogP contribution in [0, 0.1) is 0 Å². The molecule has 0 radical (unpaired) electrons. The van der Waals surface area contributed by atoms with Crippen LogP contribution in [-0.2, 0) is 6.54 Å². The van der Waals surface area contributed by atoms with Gasteiger partial charge < -0.3 is 4.90 Å². The Balaban J connectivity index is 1.88. The molecule has 128 valence electrons. The van der Waals surface area contributed by atoms with Crippen LogP contribution in [0.15, 0.2) is 48.7 Å². The first-order chi connectivity index (χ1) is 11.8. The molecule has 0 spiro atoms. The molecular weight excluding hydrogens is 294 g/mol. The highest BCUT2D eigenvalue weighted by molar-refractivity contribution is 5.48. The first kappa shape index (κ1) is 17.0. The van der Waals surface area contributed by atoms with Gasteiger partial charge >= 0.3 is 0 Å². The van der Waals surface area contributed by atoms with Crippen LogP contribution in [0.5, 0.6) is 0 Å². The van der Waals surface area contributed by atoms with Crippen molar-refractivity contribution in [1.82, 2.24) is 9.88 Å². The van der Waals surface area contributed by atoms with Crippen molar-refractivity contribution in [3.63, 3.8) is 0 Å². The molecule has 1 aromatic heterocycles. The van der Waals surface area contributed by atoms with Crippen molar-refractivity contribution >= 4 is 5.82 Å². The molecule has 1 saturated heterocycles. The lowest BCUT2D eigenvalue weighted by Crippen LogP contribution is -2.35. The fraction of sp³-hybridized carbons (Fsp3) is 0.476. The number of piperidine rings is 1. The van der Waals surface area contributed by atoms with E-state index < -0.39 is 0 Å². The number of hydrogen-bond acceptors (Lipinski definition) is 3. The molecule has 0 unspecified atom stereocenters. The standard InChI is InChI=1S/C21H29N3/c1-3-23(4-2)21-19(13-10-15-22-21)20-14-8-9-16-24(20)17-18-11-6-5-7-12-18/h5-7,10-13,15,20H,3-4,8-9,14,16-17H2,1-2H3/t20-/m1/s1. The number of aromatic nitrogens is 1. The maximum absolute atomic E-state index is 4.74. The minimum atomic E-state index is 0.475. The second kappa shape index (κ2) is 8.29. The fourth-order valence-electron chi connectivity index (χ4n) is 3.81. The van der Waals surface area contributed by atoms with E-state index in [1.165, 1.54) is 42.8 Å². The molecule has 1 aliphatic heterocycles. The monoisotopic (exact) mass is 323 g/mol. The Labute approximate surface area is 146 Å². The highest BCUT2D eigenvalue weighted by Gasteiger charge is 2.27. The van der Waals surface area contributed by atoms with E-state index in [9.17, 15) is 0 Å². The second-order valence-corrected chi connectivity index (χ2v) is 6.56. The number of rotatable bonds is 6. The van der Waals surface area contributed by atoms with E-state index in [1.807, 2.05) is 6.20 Å². The first-order valence-corrected chi connectivity index (χ1v) is 9.31. The SMILES string of the molecule is CCN(CC)c1ncccc1[C@H]1CCCCN1Cc1ccccc1. The van der Waals surface area contributed by atoms with Crippen LogP contribution in [0.2, 0.25) is 0 Å². The Morgan fingerprint density at radius 3 is 2.58 bits per heavy atom. The molecule has 3 nitrogen and oxygen atoms in total. The van der Waals surface area contributed by atoms with Crippen molar-refractivity contribution in [2.45, 2.75) is 45.7 Å². The normalized spacial score (nSPS) is 18.5. The van der Waals surface area contributed by atoms with E-state index in [1.54, 1.807) is 0 Å². The third kappa shape index (κ3) is 3.78. The zero-order valence-electron chi connectivity index (χ0n) is 15.0. The van der Waals surface area contributed by atoms with Gasteiger partial charge in [-0.05, 0) is 44.9 Å². The number of likely N-dealkylation sites (tertiary alicyclic amines) is 1. The quantitative estimate of drug-likeness (QED) is 0.771. The summed E-state index contributed by atoms with van der Waals surface area (Å²) in [6, 6.07) is 15.7. The number of nitrogens with zero attached hydrogens (tertiary/aromatic N) is 3. The van der Waals surface area contributed by atoms with E-state index >= 15 is 0 Å². The Bertz CT molecular complexity index is 622. The van der Waals surface area contributed by atoms with Crippen LogP contribution in [0.3, 0.4) is 0 Å². The van der Waals surface area contributed by atoms with E-state index in [4.69, 9.17) is 4.98 Å². The van der Waals surface area contributed by atoms with Crippen molar-refractivity contribution in [3.8, 4) is 0 Å². The van der Waals surface area contributed by atoms with Gasteiger partial charge in [-0.3, -0.25) is 4.90 Å². The number of hydrogen-bond donors (Lipinski definition) is 0. The third-order valence-corrected chi connectivity index (χ3v) is 5.08. The highest BCUT2D eigenvalue weighted by Crippen LogP contribution is 2.36. The summed E-state index contributed by atoms with van der Waals surface area (Å²) in [6.45, 7) is 8.64. The second-order valence-electron chi connectivity index (χ2n) is 6.56. The summed E-state index contributed by atoms with van der Waals surface area (Å²) in [5.74, 6) is 1.17. The largest absolute Gasteiger partial charge is 0.357 e. The van der Waals surface area contributed by atoms with Gasteiger partial charge in [0.05, 0.1) is 0 Å².